The molecule has 0 aliphatic carbocycles. The molecule has 1 aromatic heterocycles. The van der Waals surface area contributed by atoms with E-state index in [9.17, 15) is 4.79 Å². The molecule has 1 unspecified atom stereocenters. The Labute approximate surface area is 168 Å². The van der Waals surface area contributed by atoms with Gasteiger partial charge in [-0.2, -0.15) is 5.10 Å². The van der Waals surface area contributed by atoms with Crippen molar-refractivity contribution in [1.82, 2.24) is 9.78 Å². The van der Waals surface area contributed by atoms with E-state index in [1.165, 1.54) is 0 Å². The lowest BCUT2D eigenvalue weighted by molar-refractivity contribution is -0.128. The number of hydrogen-bond donors (Lipinski definition) is 1. The molecule has 0 radical (unpaired) electrons. The van der Waals surface area contributed by atoms with Crippen LogP contribution in [0, 0.1) is 0 Å². The highest BCUT2D eigenvalue weighted by molar-refractivity contribution is 7.99. The molecule has 5 nitrogen and oxygen atoms in total. The minimum Gasteiger partial charge on any atom is -0.380 e. The molecule has 1 aliphatic heterocycles. The van der Waals surface area contributed by atoms with Gasteiger partial charge in [0.2, 0.25) is 5.91 Å². The van der Waals surface area contributed by atoms with Gasteiger partial charge in [-0.3, -0.25) is 9.48 Å². The first kappa shape index (κ1) is 18.8. The number of carbonyl (C=O) groups is 1. The molecule has 1 atom stereocenters. The Morgan fingerprint density at radius 1 is 1.18 bits per heavy atom. The smallest absolute Gasteiger partial charge is 0.230 e. The van der Waals surface area contributed by atoms with Crippen LogP contribution in [0.5, 0.6) is 0 Å². The average molecular weight is 394 g/mol. The normalized spacial score (nSPS) is 19.5. The minimum absolute atomic E-state index is 0.310. The maximum Gasteiger partial charge on any atom is 0.230 e. The number of benzene rings is 2. The van der Waals surface area contributed by atoms with Crippen LogP contribution in [0.25, 0.3) is 11.3 Å². The molecule has 2 heterocycles. The van der Waals surface area contributed by atoms with Crippen molar-refractivity contribution in [2.24, 2.45) is 12.8 Å². The van der Waals surface area contributed by atoms with Gasteiger partial charge in [-0.1, -0.05) is 36.0 Å². The molecule has 4 rings (SSSR count). The van der Waals surface area contributed by atoms with Crippen LogP contribution in [0.2, 0.25) is 0 Å². The van der Waals surface area contributed by atoms with Crippen molar-refractivity contribution in [1.29, 1.82) is 0 Å². The highest BCUT2D eigenvalue weighted by Gasteiger charge is 2.40. The van der Waals surface area contributed by atoms with E-state index in [0.29, 0.717) is 13.2 Å². The number of nitrogens with two attached hydrogens (primary N) is 1. The molecule has 144 valence electrons. The number of aromatic nitrogens is 2. The standard InChI is InChI=1S/C22H23N3O2S/c1-25-20(10-12-24-25)16-6-8-18(9-7-16)28-19-5-2-4-17(14-19)22(21(23)26)11-3-13-27-15-22/h2,4-10,12,14H,3,11,13,15H2,1H3,(H2,23,26). The number of primary amides is 1. The summed E-state index contributed by atoms with van der Waals surface area (Å²) < 4.78 is 7.47. The molecular formula is C22H23N3O2S. The fourth-order valence-electron chi connectivity index (χ4n) is 3.70. The molecule has 6 heteroatoms. The first-order chi connectivity index (χ1) is 13.6. The molecule has 2 N–H and O–H groups in total. The molecule has 28 heavy (non-hydrogen) atoms. The number of rotatable bonds is 5. The van der Waals surface area contributed by atoms with E-state index in [-0.39, 0.29) is 5.91 Å². The summed E-state index contributed by atoms with van der Waals surface area (Å²) in [5.74, 6) is -0.310. The second-order valence-electron chi connectivity index (χ2n) is 7.10. The van der Waals surface area contributed by atoms with Crippen LogP contribution in [0.1, 0.15) is 18.4 Å². The lowest BCUT2D eigenvalue weighted by Crippen LogP contribution is -2.47. The van der Waals surface area contributed by atoms with Crippen molar-refractivity contribution in [2.75, 3.05) is 13.2 Å². The van der Waals surface area contributed by atoms with Gasteiger partial charge in [-0.05, 0) is 54.3 Å². The van der Waals surface area contributed by atoms with E-state index in [1.54, 1.807) is 18.0 Å². The molecule has 1 aliphatic rings. The highest BCUT2D eigenvalue weighted by atomic mass is 32.2. The van der Waals surface area contributed by atoms with Crippen molar-refractivity contribution in [3.8, 4) is 11.3 Å². The fraction of sp³-hybridized carbons (Fsp3) is 0.273. The topological polar surface area (TPSA) is 70.1 Å². The quantitative estimate of drug-likeness (QED) is 0.716. The van der Waals surface area contributed by atoms with E-state index < -0.39 is 5.41 Å². The van der Waals surface area contributed by atoms with Crippen LogP contribution in [0.4, 0.5) is 0 Å². The molecule has 0 bridgehead atoms. The number of nitrogens with zero attached hydrogens (tertiary/aromatic N) is 2. The fourth-order valence-corrected chi connectivity index (χ4v) is 4.58. The van der Waals surface area contributed by atoms with Gasteiger partial charge in [0.05, 0.1) is 17.7 Å². The largest absolute Gasteiger partial charge is 0.380 e. The zero-order valence-electron chi connectivity index (χ0n) is 15.8. The second-order valence-corrected chi connectivity index (χ2v) is 8.24. The average Bonchev–Trinajstić information content (AvgIpc) is 3.15. The summed E-state index contributed by atoms with van der Waals surface area (Å²) in [6.45, 7) is 1.04. The number of hydrogen-bond acceptors (Lipinski definition) is 4. The third-order valence-corrected chi connectivity index (χ3v) is 6.30. The predicted molar refractivity (Wildman–Crippen MR) is 110 cm³/mol. The summed E-state index contributed by atoms with van der Waals surface area (Å²) >= 11 is 1.67. The van der Waals surface area contributed by atoms with Crippen molar-refractivity contribution in [3.63, 3.8) is 0 Å². The summed E-state index contributed by atoms with van der Waals surface area (Å²) in [5, 5.41) is 4.22. The van der Waals surface area contributed by atoms with E-state index in [0.717, 1.165) is 39.5 Å². The summed E-state index contributed by atoms with van der Waals surface area (Å²) in [5.41, 5.74) is 8.21. The number of carbonyl (C=O) groups excluding carboxylic acids is 1. The molecule has 0 saturated carbocycles. The molecule has 2 aromatic carbocycles. The van der Waals surface area contributed by atoms with Gasteiger partial charge in [-0.15, -0.1) is 0 Å². The molecule has 1 fully saturated rings. The third-order valence-electron chi connectivity index (χ3n) is 5.31. The molecule has 0 spiro atoms. The van der Waals surface area contributed by atoms with Crippen molar-refractivity contribution in [3.05, 3.63) is 66.4 Å². The van der Waals surface area contributed by atoms with E-state index in [2.05, 4.69) is 41.5 Å². The second kappa shape index (κ2) is 7.81. The highest BCUT2D eigenvalue weighted by Crippen LogP contribution is 2.36. The van der Waals surface area contributed by atoms with Gasteiger partial charge in [0.1, 0.15) is 0 Å². The Hall–Kier alpha value is -2.57. The van der Waals surface area contributed by atoms with Crippen molar-refractivity contribution < 1.29 is 9.53 Å². The summed E-state index contributed by atoms with van der Waals surface area (Å²) in [6, 6.07) is 18.5. The summed E-state index contributed by atoms with van der Waals surface area (Å²) in [7, 11) is 1.94. The Balaban J connectivity index is 1.57. The SMILES string of the molecule is Cn1nccc1-c1ccc(Sc2cccc(C3(C(N)=O)CCCOC3)c2)cc1. The van der Waals surface area contributed by atoms with Crippen LogP contribution in [-0.2, 0) is 22.0 Å². The van der Waals surface area contributed by atoms with Gasteiger partial charge < -0.3 is 10.5 Å². The molecule has 1 saturated heterocycles. The predicted octanol–water partition coefficient (Wildman–Crippen LogP) is 3.77. The molecule has 1 amide bonds. The first-order valence-electron chi connectivity index (χ1n) is 9.33. The van der Waals surface area contributed by atoms with Crippen LogP contribution in [0.3, 0.4) is 0 Å². The van der Waals surface area contributed by atoms with Crippen molar-refractivity contribution >= 4 is 17.7 Å². The Morgan fingerprint density at radius 2 is 2.00 bits per heavy atom. The van der Waals surface area contributed by atoms with Gasteiger partial charge >= 0.3 is 0 Å². The minimum atomic E-state index is -0.724. The lowest BCUT2D eigenvalue weighted by Gasteiger charge is -2.34. The lowest BCUT2D eigenvalue weighted by atomic mass is 9.75. The van der Waals surface area contributed by atoms with Gasteiger partial charge in [0.25, 0.3) is 0 Å². The maximum atomic E-state index is 12.3. The summed E-state index contributed by atoms with van der Waals surface area (Å²) in [6.07, 6.45) is 3.37. The van der Waals surface area contributed by atoms with Crippen LogP contribution < -0.4 is 5.73 Å². The van der Waals surface area contributed by atoms with E-state index in [4.69, 9.17) is 10.5 Å². The molecular weight excluding hydrogens is 370 g/mol. The number of aryl methyl sites for hydroxylation is 1. The Kier molecular flexibility index (Phi) is 5.24. The Bertz CT molecular complexity index is 975. The van der Waals surface area contributed by atoms with Crippen LogP contribution in [0.15, 0.2) is 70.6 Å². The van der Waals surface area contributed by atoms with E-state index in [1.807, 2.05) is 29.9 Å². The number of ether oxygens (including phenoxy) is 1. The van der Waals surface area contributed by atoms with Gasteiger partial charge in [-0.25, -0.2) is 0 Å². The monoisotopic (exact) mass is 393 g/mol. The van der Waals surface area contributed by atoms with Crippen molar-refractivity contribution in [2.45, 2.75) is 28.0 Å². The maximum absolute atomic E-state index is 12.3. The zero-order valence-corrected chi connectivity index (χ0v) is 16.6. The Morgan fingerprint density at radius 3 is 2.64 bits per heavy atom. The van der Waals surface area contributed by atoms with Gasteiger partial charge in [0, 0.05) is 29.6 Å². The zero-order chi connectivity index (χ0) is 19.6. The number of amides is 1. The first-order valence-corrected chi connectivity index (χ1v) is 10.1. The summed E-state index contributed by atoms with van der Waals surface area (Å²) in [4.78, 5) is 14.5. The van der Waals surface area contributed by atoms with E-state index >= 15 is 0 Å². The third kappa shape index (κ3) is 3.57. The van der Waals surface area contributed by atoms with Crippen LogP contribution >= 0.6 is 11.8 Å². The van der Waals surface area contributed by atoms with Crippen LogP contribution in [-0.4, -0.2) is 28.9 Å². The van der Waals surface area contributed by atoms with Gasteiger partial charge in [0.15, 0.2) is 0 Å². The molecule has 3 aromatic rings.